The van der Waals surface area contributed by atoms with Crippen LogP contribution in [0.3, 0.4) is 0 Å². The molecule has 0 radical (unpaired) electrons. The zero-order valence-electron chi connectivity index (χ0n) is 14.2. The summed E-state index contributed by atoms with van der Waals surface area (Å²) in [5.74, 6) is -0.163. The van der Waals surface area contributed by atoms with Gasteiger partial charge < -0.3 is 15.0 Å². The summed E-state index contributed by atoms with van der Waals surface area (Å²) in [7, 11) is 1.42. The second-order valence-corrected chi connectivity index (χ2v) is 6.12. The summed E-state index contributed by atoms with van der Waals surface area (Å²) in [6.07, 6.45) is 1.61. The minimum Gasteiger partial charge on any atom is -0.469 e. The molecule has 0 bridgehead atoms. The number of aryl methyl sites for hydroxylation is 1. The molecule has 0 saturated carbocycles. The highest BCUT2D eigenvalue weighted by Gasteiger charge is 2.33. The molecule has 1 aliphatic heterocycles. The van der Waals surface area contributed by atoms with Gasteiger partial charge in [0.1, 0.15) is 0 Å². The molecule has 0 spiro atoms. The van der Waals surface area contributed by atoms with Gasteiger partial charge in [-0.05, 0) is 29.9 Å². The van der Waals surface area contributed by atoms with E-state index in [0.29, 0.717) is 26.1 Å². The highest BCUT2D eigenvalue weighted by molar-refractivity contribution is 5.76. The van der Waals surface area contributed by atoms with Crippen molar-refractivity contribution in [2.24, 2.45) is 11.8 Å². The zero-order chi connectivity index (χ0) is 16.8. The molecule has 1 aliphatic rings. The van der Waals surface area contributed by atoms with Gasteiger partial charge >= 0.3 is 12.0 Å². The van der Waals surface area contributed by atoms with Crippen LogP contribution in [0.5, 0.6) is 0 Å². The van der Waals surface area contributed by atoms with E-state index in [1.807, 2.05) is 25.1 Å². The maximum absolute atomic E-state index is 12.4. The first-order chi connectivity index (χ1) is 11.1. The average Bonchev–Trinajstić information content (AvgIpc) is 2.59. The molecule has 2 unspecified atom stereocenters. The van der Waals surface area contributed by atoms with Crippen LogP contribution in [0.15, 0.2) is 24.3 Å². The fourth-order valence-corrected chi connectivity index (χ4v) is 3.19. The first kappa shape index (κ1) is 17.3. The Morgan fingerprint density at radius 1 is 1.30 bits per heavy atom. The third-order valence-electron chi connectivity index (χ3n) is 4.63. The second kappa shape index (κ2) is 7.99. The molecule has 2 rings (SSSR count). The number of methoxy groups -OCH3 is 1. The molecule has 1 saturated heterocycles. The highest BCUT2D eigenvalue weighted by atomic mass is 16.5. The lowest BCUT2D eigenvalue weighted by Crippen LogP contribution is -2.48. The summed E-state index contributed by atoms with van der Waals surface area (Å²) >= 11 is 0. The minimum atomic E-state index is -0.172. The van der Waals surface area contributed by atoms with Gasteiger partial charge in [-0.3, -0.25) is 4.79 Å². The molecular weight excluding hydrogens is 292 g/mol. The molecule has 1 heterocycles. The van der Waals surface area contributed by atoms with Crippen LogP contribution in [0.2, 0.25) is 0 Å². The first-order valence-corrected chi connectivity index (χ1v) is 8.24. The van der Waals surface area contributed by atoms with E-state index >= 15 is 0 Å². The van der Waals surface area contributed by atoms with Gasteiger partial charge in [0.2, 0.25) is 0 Å². The summed E-state index contributed by atoms with van der Waals surface area (Å²) in [5, 5.41) is 2.99. The number of piperidine rings is 1. The van der Waals surface area contributed by atoms with Crippen molar-refractivity contribution in [2.45, 2.75) is 33.2 Å². The Kier molecular flexibility index (Phi) is 6.02. The Morgan fingerprint density at radius 3 is 2.61 bits per heavy atom. The predicted molar refractivity (Wildman–Crippen MR) is 88.9 cm³/mol. The summed E-state index contributed by atoms with van der Waals surface area (Å²) in [6, 6.07) is 8.08. The van der Waals surface area contributed by atoms with Crippen molar-refractivity contribution >= 4 is 12.0 Å². The maximum atomic E-state index is 12.4. The van der Waals surface area contributed by atoms with Gasteiger partial charge in [0.25, 0.3) is 0 Å². The van der Waals surface area contributed by atoms with Gasteiger partial charge in [-0.1, -0.05) is 38.1 Å². The predicted octanol–water partition coefficient (Wildman–Crippen LogP) is 2.59. The number of benzene rings is 1. The topological polar surface area (TPSA) is 58.6 Å². The molecule has 2 atom stereocenters. The smallest absolute Gasteiger partial charge is 0.317 e. The van der Waals surface area contributed by atoms with E-state index < -0.39 is 0 Å². The Balaban J connectivity index is 1.89. The van der Waals surface area contributed by atoms with Crippen molar-refractivity contribution in [3.05, 3.63) is 35.4 Å². The molecule has 5 nitrogen and oxygen atoms in total. The summed E-state index contributed by atoms with van der Waals surface area (Å²) in [4.78, 5) is 25.8. The van der Waals surface area contributed by atoms with Crippen molar-refractivity contribution < 1.29 is 14.3 Å². The standard InChI is InChI=1S/C18H26N2O3/c1-4-14-7-5-6-8-15(14)11-19-18(22)20-10-9-16(13(2)12-20)17(21)23-3/h5-8,13,16H,4,9-12H2,1-3H3,(H,19,22). The zero-order valence-corrected chi connectivity index (χ0v) is 14.2. The molecule has 1 aromatic rings. The lowest BCUT2D eigenvalue weighted by atomic mass is 9.87. The largest absolute Gasteiger partial charge is 0.469 e. The number of ether oxygens (including phenoxy) is 1. The number of likely N-dealkylation sites (tertiary alicyclic amines) is 1. The molecular formula is C18H26N2O3. The average molecular weight is 318 g/mol. The number of hydrogen-bond donors (Lipinski definition) is 1. The van der Waals surface area contributed by atoms with Crippen molar-refractivity contribution in [3.8, 4) is 0 Å². The SMILES string of the molecule is CCc1ccccc1CNC(=O)N1CCC(C(=O)OC)C(C)C1. The van der Waals surface area contributed by atoms with Gasteiger partial charge in [0.05, 0.1) is 13.0 Å². The van der Waals surface area contributed by atoms with E-state index in [-0.39, 0.29) is 23.8 Å². The van der Waals surface area contributed by atoms with Crippen molar-refractivity contribution in [1.29, 1.82) is 0 Å². The van der Waals surface area contributed by atoms with Gasteiger partial charge in [-0.2, -0.15) is 0 Å². The third kappa shape index (κ3) is 4.24. The fraction of sp³-hybridized carbons (Fsp3) is 0.556. The van der Waals surface area contributed by atoms with Crippen LogP contribution in [0.25, 0.3) is 0 Å². The van der Waals surface area contributed by atoms with Crippen molar-refractivity contribution in [3.63, 3.8) is 0 Å². The van der Waals surface area contributed by atoms with Crippen LogP contribution in [0.4, 0.5) is 4.79 Å². The van der Waals surface area contributed by atoms with E-state index in [2.05, 4.69) is 18.3 Å². The Bertz CT molecular complexity index is 559. The minimum absolute atomic E-state index is 0.0638. The van der Waals surface area contributed by atoms with Crippen LogP contribution in [-0.2, 0) is 22.5 Å². The lowest BCUT2D eigenvalue weighted by Gasteiger charge is -2.35. The Hall–Kier alpha value is -2.04. The van der Waals surface area contributed by atoms with Crippen molar-refractivity contribution in [1.82, 2.24) is 10.2 Å². The van der Waals surface area contributed by atoms with Crippen LogP contribution in [0, 0.1) is 11.8 Å². The van der Waals surface area contributed by atoms with Gasteiger partial charge in [-0.15, -0.1) is 0 Å². The number of esters is 1. The third-order valence-corrected chi connectivity index (χ3v) is 4.63. The summed E-state index contributed by atoms with van der Waals surface area (Å²) in [5.41, 5.74) is 2.41. The van der Waals surface area contributed by atoms with Crippen LogP contribution < -0.4 is 5.32 Å². The quantitative estimate of drug-likeness (QED) is 0.868. The number of carbonyl (C=O) groups is 2. The first-order valence-electron chi connectivity index (χ1n) is 8.24. The Morgan fingerprint density at radius 2 is 2.00 bits per heavy atom. The van der Waals surface area contributed by atoms with Crippen LogP contribution in [0.1, 0.15) is 31.4 Å². The normalized spacial score (nSPS) is 20.9. The maximum Gasteiger partial charge on any atom is 0.317 e. The van der Waals surface area contributed by atoms with Crippen LogP contribution >= 0.6 is 0 Å². The highest BCUT2D eigenvalue weighted by Crippen LogP contribution is 2.24. The fourth-order valence-electron chi connectivity index (χ4n) is 3.19. The molecule has 23 heavy (non-hydrogen) atoms. The number of nitrogens with zero attached hydrogens (tertiary/aromatic N) is 1. The van der Waals surface area contributed by atoms with E-state index in [4.69, 9.17) is 4.74 Å². The number of hydrogen-bond acceptors (Lipinski definition) is 3. The van der Waals surface area contributed by atoms with E-state index in [1.165, 1.54) is 12.7 Å². The molecule has 0 aromatic heterocycles. The number of amides is 2. The number of carbonyl (C=O) groups excluding carboxylic acids is 2. The molecule has 126 valence electrons. The van der Waals surface area contributed by atoms with Gasteiger partial charge in [0, 0.05) is 19.6 Å². The molecule has 1 N–H and O–H groups in total. The molecule has 0 aliphatic carbocycles. The molecule has 5 heteroatoms. The van der Waals surface area contributed by atoms with Crippen molar-refractivity contribution in [2.75, 3.05) is 20.2 Å². The van der Waals surface area contributed by atoms with E-state index in [0.717, 1.165) is 12.0 Å². The monoisotopic (exact) mass is 318 g/mol. The van der Waals surface area contributed by atoms with Gasteiger partial charge in [-0.25, -0.2) is 4.79 Å². The van der Waals surface area contributed by atoms with E-state index in [1.54, 1.807) is 4.90 Å². The lowest BCUT2D eigenvalue weighted by molar-refractivity contribution is -0.148. The number of nitrogens with one attached hydrogen (secondary N) is 1. The van der Waals surface area contributed by atoms with Gasteiger partial charge in [0.15, 0.2) is 0 Å². The molecule has 2 amide bonds. The molecule has 1 fully saturated rings. The number of rotatable bonds is 4. The van der Waals surface area contributed by atoms with E-state index in [9.17, 15) is 9.59 Å². The summed E-state index contributed by atoms with van der Waals surface area (Å²) < 4.78 is 4.83. The number of urea groups is 1. The Labute approximate surface area is 138 Å². The second-order valence-electron chi connectivity index (χ2n) is 6.12. The van der Waals surface area contributed by atoms with Crippen LogP contribution in [-0.4, -0.2) is 37.1 Å². The summed E-state index contributed by atoms with van der Waals surface area (Å²) in [6.45, 7) is 5.81. The molecule has 1 aromatic carbocycles.